The van der Waals surface area contributed by atoms with E-state index in [1.807, 2.05) is 5.34 Å². The lowest BCUT2D eigenvalue weighted by Crippen LogP contribution is -1.57. The lowest BCUT2D eigenvalue weighted by molar-refractivity contribution is 0.208. The third kappa shape index (κ3) is 467. The van der Waals surface area contributed by atoms with Crippen molar-refractivity contribution in [2.75, 3.05) is 13.7 Å². The van der Waals surface area contributed by atoms with Crippen molar-refractivity contribution in [3.8, 4) is 0 Å². The summed E-state index contributed by atoms with van der Waals surface area (Å²) in [6, 6.07) is 0. The Morgan fingerprint density at radius 1 is 1.86 bits per heavy atom. The molecule has 0 aliphatic rings. The second kappa shape index (κ2) is 18.3. The number of aliphatic hydroxyl groups excluding tert-OH is 1. The zero-order valence-electron chi connectivity index (χ0n) is 4.42. The van der Waals surface area contributed by atoms with Crippen molar-refractivity contribution >= 4 is 0 Å². The fourth-order valence-corrected chi connectivity index (χ4v) is 0. The van der Waals surface area contributed by atoms with E-state index in [0.29, 0.717) is 0 Å². The van der Waals surface area contributed by atoms with Gasteiger partial charge >= 0.3 is 0 Å². The molecule has 0 fully saturated rings. The minimum Gasteiger partial charge on any atom is -0.397 e. The van der Waals surface area contributed by atoms with Crippen LogP contribution in [0, 0.1) is 4.91 Å². The molecule has 0 amide bonds. The smallest absolute Gasteiger partial charge is 0.154 e. The van der Waals surface area contributed by atoms with E-state index in [9.17, 15) is 0 Å². The Hall–Kier alpha value is -0.640. The van der Waals surface area contributed by atoms with Crippen LogP contribution in [0.15, 0.2) is 5.34 Å². The Labute approximate surface area is 42.0 Å². The zero-order valence-corrected chi connectivity index (χ0v) is 4.42. The van der Waals surface area contributed by atoms with E-state index in [0.717, 1.165) is 0 Å². The second-order valence-electron chi connectivity index (χ2n) is 0.573. The Morgan fingerprint density at radius 2 is 2.00 bits per heavy atom. The molecule has 4 heteroatoms. The molecule has 0 spiro atoms. The van der Waals surface area contributed by atoms with Crippen molar-refractivity contribution in [3.63, 3.8) is 0 Å². The molecule has 0 saturated heterocycles. The molecule has 0 aromatic carbocycles. The summed E-state index contributed by atoms with van der Waals surface area (Å²) in [7, 11) is 1.20. The Bertz CT molecular complexity index is 31.4. The van der Waals surface area contributed by atoms with Gasteiger partial charge in [-0.25, -0.2) is 0 Å². The largest absolute Gasteiger partial charge is 0.397 e. The molecule has 0 saturated carbocycles. The van der Waals surface area contributed by atoms with Gasteiger partial charge in [0.05, 0.1) is 0 Å². The van der Waals surface area contributed by atoms with Gasteiger partial charge in [0, 0.05) is 6.61 Å². The molecule has 0 heterocycles. The van der Waals surface area contributed by atoms with Crippen LogP contribution in [0.2, 0.25) is 0 Å². The fourth-order valence-electron chi connectivity index (χ4n) is 0. The maximum absolute atomic E-state index is 8.70. The summed E-state index contributed by atoms with van der Waals surface area (Å²) < 4.78 is 0. The van der Waals surface area contributed by atoms with Gasteiger partial charge in [-0.3, -0.25) is 0 Å². The summed E-state index contributed by atoms with van der Waals surface area (Å²) in [5, 5.41) is 9.56. The standard InChI is InChI=1S/C2H6O.CH3NO2/c1-2-3;1-4-2-3/h3H,2H2,1H3;1H3. The lowest BCUT2D eigenvalue weighted by atomic mass is 10.9. The highest BCUT2D eigenvalue weighted by atomic mass is 16.7. The molecule has 0 aliphatic heterocycles. The van der Waals surface area contributed by atoms with Gasteiger partial charge in [0.1, 0.15) is 7.11 Å². The topological polar surface area (TPSA) is 58.9 Å². The van der Waals surface area contributed by atoms with E-state index in [4.69, 9.17) is 10.0 Å². The summed E-state index contributed by atoms with van der Waals surface area (Å²) in [5.74, 6) is 0. The molecule has 7 heavy (non-hydrogen) atoms. The highest BCUT2D eigenvalue weighted by Gasteiger charge is 1.44. The molecular weight excluding hydrogens is 98.0 g/mol. The SMILES string of the molecule is CCO.CON=O. The summed E-state index contributed by atoms with van der Waals surface area (Å²) in [6.45, 7) is 1.93. The van der Waals surface area contributed by atoms with Gasteiger partial charge < -0.3 is 9.94 Å². The monoisotopic (exact) mass is 107 g/mol. The first-order valence-corrected chi connectivity index (χ1v) is 1.80. The van der Waals surface area contributed by atoms with Crippen LogP contribution in [0.25, 0.3) is 0 Å². The van der Waals surface area contributed by atoms with Crippen molar-refractivity contribution in [2.24, 2.45) is 5.34 Å². The van der Waals surface area contributed by atoms with Crippen molar-refractivity contribution in [3.05, 3.63) is 4.91 Å². The Morgan fingerprint density at radius 3 is 2.00 bits per heavy atom. The van der Waals surface area contributed by atoms with E-state index in [2.05, 4.69) is 4.84 Å². The van der Waals surface area contributed by atoms with E-state index in [-0.39, 0.29) is 6.61 Å². The molecular formula is C3H9NO3. The molecule has 0 aromatic heterocycles. The first kappa shape index (κ1) is 9.61. The molecule has 1 N–H and O–H groups in total. The van der Waals surface area contributed by atoms with Crippen LogP contribution in [0.5, 0.6) is 0 Å². The number of rotatable bonds is 1. The van der Waals surface area contributed by atoms with Gasteiger partial charge in [-0.15, -0.1) is 4.91 Å². The Balaban J connectivity index is 0. The molecule has 0 radical (unpaired) electrons. The summed E-state index contributed by atoms with van der Waals surface area (Å²) in [5.41, 5.74) is 0. The summed E-state index contributed by atoms with van der Waals surface area (Å²) >= 11 is 0. The minimum absolute atomic E-state index is 0.250. The first-order valence-electron chi connectivity index (χ1n) is 1.80. The molecule has 0 rings (SSSR count). The van der Waals surface area contributed by atoms with Crippen LogP contribution in [-0.4, -0.2) is 18.8 Å². The number of hydrogen-bond acceptors (Lipinski definition) is 4. The van der Waals surface area contributed by atoms with Gasteiger partial charge in [0.2, 0.25) is 0 Å². The average Bonchev–Trinajstić information content (AvgIpc) is 1.69. The van der Waals surface area contributed by atoms with Gasteiger partial charge in [0.25, 0.3) is 0 Å². The van der Waals surface area contributed by atoms with E-state index >= 15 is 0 Å². The molecule has 44 valence electrons. The van der Waals surface area contributed by atoms with Crippen LogP contribution >= 0.6 is 0 Å². The van der Waals surface area contributed by atoms with Gasteiger partial charge in [-0.05, 0) is 6.92 Å². The second-order valence-corrected chi connectivity index (χ2v) is 0.573. The Kier molecular flexibility index (Phi) is 25.1. The van der Waals surface area contributed by atoms with E-state index < -0.39 is 0 Å². The van der Waals surface area contributed by atoms with Gasteiger partial charge in [0.15, 0.2) is 5.34 Å². The predicted molar refractivity (Wildman–Crippen MR) is 25.6 cm³/mol. The fraction of sp³-hybridized carbons (Fsp3) is 1.00. The maximum atomic E-state index is 8.70. The van der Waals surface area contributed by atoms with Crippen LogP contribution in [0.1, 0.15) is 6.92 Å². The average molecular weight is 107 g/mol. The molecule has 4 nitrogen and oxygen atoms in total. The molecule has 0 atom stereocenters. The van der Waals surface area contributed by atoms with Crippen LogP contribution < -0.4 is 0 Å². The van der Waals surface area contributed by atoms with E-state index in [1.165, 1.54) is 7.11 Å². The number of hydrogen-bond donors (Lipinski definition) is 1. The molecule has 0 aliphatic carbocycles. The molecule has 0 bridgehead atoms. The highest BCUT2D eigenvalue weighted by Crippen LogP contribution is 1.52. The third-order valence-electron chi connectivity index (χ3n) is 0.0745. The highest BCUT2D eigenvalue weighted by molar-refractivity contribution is 3.90. The van der Waals surface area contributed by atoms with Crippen LogP contribution in [0.3, 0.4) is 0 Å². The number of aliphatic hydroxyl groups is 1. The van der Waals surface area contributed by atoms with Gasteiger partial charge in [-0.2, -0.15) is 0 Å². The zero-order chi connectivity index (χ0) is 6.12. The maximum Gasteiger partial charge on any atom is 0.154 e. The first-order chi connectivity index (χ1) is 3.33. The van der Waals surface area contributed by atoms with Crippen molar-refractivity contribution < 1.29 is 9.94 Å². The predicted octanol–water partition coefficient (Wildman–Crippen LogP) is 0.313. The van der Waals surface area contributed by atoms with Gasteiger partial charge in [-0.1, -0.05) is 0 Å². The molecule has 0 unspecified atom stereocenters. The normalized spacial score (nSPS) is 5.57. The third-order valence-corrected chi connectivity index (χ3v) is 0.0745. The van der Waals surface area contributed by atoms with Crippen molar-refractivity contribution in [1.82, 2.24) is 0 Å². The van der Waals surface area contributed by atoms with Crippen molar-refractivity contribution in [1.29, 1.82) is 0 Å². The quantitative estimate of drug-likeness (QED) is 0.387. The minimum atomic E-state index is 0.250. The summed E-state index contributed by atoms with van der Waals surface area (Å²) in [6.07, 6.45) is 0. The van der Waals surface area contributed by atoms with Crippen LogP contribution in [-0.2, 0) is 4.84 Å². The van der Waals surface area contributed by atoms with Crippen LogP contribution in [0.4, 0.5) is 0 Å². The lowest BCUT2D eigenvalue weighted by Gasteiger charge is -1.63. The molecule has 0 aromatic rings. The summed E-state index contributed by atoms with van der Waals surface area (Å²) in [4.78, 5) is 12.3. The number of nitrogens with zero attached hydrogens (tertiary/aromatic N) is 1. The van der Waals surface area contributed by atoms with Crippen molar-refractivity contribution in [2.45, 2.75) is 6.92 Å². The van der Waals surface area contributed by atoms with E-state index in [1.54, 1.807) is 6.92 Å².